The number of Topliss-reactive ketones (excluding diaryl/α,β-unsaturated/α-hetero) is 1. The lowest BCUT2D eigenvalue weighted by molar-refractivity contribution is 0.0476. The smallest absolute Gasteiger partial charge is 0.339 e. The van der Waals surface area contributed by atoms with Gasteiger partial charge in [0.1, 0.15) is 5.82 Å². The van der Waals surface area contributed by atoms with Crippen LogP contribution in [0, 0.1) is 12.7 Å². The second kappa shape index (κ2) is 7.77. The second-order valence-electron chi connectivity index (χ2n) is 7.08. The SMILES string of the molecule is Cc1noc2nc(-c3ccc(F)cc3)cc(C(=O)OCC(=O)c3ccc4c(c3)OCO4)c12. The van der Waals surface area contributed by atoms with Crippen LogP contribution in [0.3, 0.4) is 0 Å². The van der Waals surface area contributed by atoms with E-state index >= 15 is 0 Å². The van der Waals surface area contributed by atoms with E-state index in [1.165, 1.54) is 30.3 Å². The topological polar surface area (TPSA) is 101 Å². The number of carbonyl (C=O) groups excluding carboxylic acids is 2. The maximum absolute atomic E-state index is 13.3. The van der Waals surface area contributed by atoms with Gasteiger partial charge in [0.25, 0.3) is 5.71 Å². The van der Waals surface area contributed by atoms with E-state index in [2.05, 4.69) is 10.1 Å². The number of nitrogens with zero attached hydrogens (tertiary/aromatic N) is 2. The number of halogens is 1. The molecular formula is C23H15FN2O6. The Balaban J connectivity index is 1.41. The molecule has 32 heavy (non-hydrogen) atoms. The van der Waals surface area contributed by atoms with Crippen molar-refractivity contribution in [3.05, 3.63) is 71.2 Å². The number of carbonyl (C=O) groups is 2. The van der Waals surface area contributed by atoms with Gasteiger partial charge in [0, 0.05) is 11.1 Å². The highest BCUT2D eigenvalue weighted by Crippen LogP contribution is 2.33. The number of ketones is 1. The van der Waals surface area contributed by atoms with Crippen LogP contribution in [0.5, 0.6) is 11.5 Å². The highest BCUT2D eigenvalue weighted by atomic mass is 19.1. The average molecular weight is 434 g/mol. The molecule has 0 amide bonds. The lowest BCUT2D eigenvalue weighted by atomic mass is 10.1. The van der Waals surface area contributed by atoms with Crippen molar-refractivity contribution in [3.8, 4) is 22.8 Å². The molecule has 0 unspecified atom stereocenters. The Bertz CT molecular complexity index is 1360. The number of rotatable bonds is 5. The molecule has 3 heterocycles. The molecule has 2 aromatic heterocycles. The summed E-state index contributed by atoms with van der Waals surface area (Å²) in [5.74, 6) is -0.521. The van der Waals surface area contributed by atoms with Gasteiger partial charge < -0.3 is 18.7 Å². The molecule has 0 radical (unpaired) electrons. The first-order chi connectivity index (χ1) is 15.5. The lowest BCUT2D eigenvalue weighted by Crippen LogP contribution is -2.15. The van der Waals surface area contributed by atoms with Gasteiger partial charge in [-0.1, -0.05) is 5.16 Å². The van der Waals surface area contributed by atoms with E-state index in [0.717, 1.165) is 0 Å². The van der Waals surface area contributed by atoms with Gasteiger partial charge in [-0.15, -0.1) is 0 Å². The second-order valence-corrected chi connectivity index (χ2v) is 7.08. The Kier molecular flexibility index (Phi) is 4.78. The first kappa shape index (κ1) is 19.7. The monoisotopic (exact) mass is 434 g/mol. The third kappa shape index (κ3) is 3.53. The number of aromatic nitrogens is 2. The number of hydrogen-bond acceptors (Lipinski definition) is 8. The maximum Gasteiger partial charge on any atom is 0.339 e. The third-order valence-corrected chi connectivity index (χ3v) is 5.01. The van der Waals surface area contributed by atoms with Crippen molar-refractivity contribution in [3.63, 3.8) is 0 Å². The van der Waals surface area contributed by atoms with Gasteiger partial charge in [-0.05, 0) is 55.5 Å². The number of ether oxygens (including phenoxy) is 3. The molecule has 9 heteroatoms. The molecule has 2 aromatic carbocycles. The zero-order chi connectivity index (χ0) is 22.2. The molecule has 1 aliphatic rings. The van der Waals surface area contributed by atoms with Gasteiger partial charge in [0.15, 0.2) is 23.9 Å². The Hall–Kier alpha value is -4.27. The van der Waals surface area contributed by atoms with Crippen LogP contribution >= 0.6 is 0 Å². The van der Waals surface area contributed by atoms with Crippen LogP contribution in [0.15, 0.2) is 53.1 Å². The summed E-state index contributed by atoms with van der Waals surface area (Å²) in [6, 6.07) is 11.9. The van der Waals surface area contributed by atoms with E-state index in [1.54, 1.807) is 25.1 Å². The summed E-state index contributed by atoms with van der Waals surface area (Å²) in [5, 5.41) is 4.25. The minimum atomic E-state index is -0.735. The number of aryl methyl sites for hydroxylation is 1. The molecule has 0 atom stereocenters. The van der Waals surface area contributed by atoms with Crippen molar-refractivity contribution in [2.24, 2.45) is 0 Å². The van der Waals surface area contributed by atoms with Crippen molar-refractivity contribution in [2.45, 2.75) is 6.92 Å². The summed E-state index contributed by atoms with van der Waals surface area (Å²) < 4.78 is 34.3. The summed E-state index contributed by atoms with van der Waals surface area (Å²) in [4.78, 5) is 29.8. The summed E-state index contributed by atoms with van der Waals surface area (Å²) in [7, 11) is 0. The first-order valence-corrected chi connectivity index (χ1v) is 9.62. The summed E-state index contributed by atoms with van der Waals surface area (Å²) in [6.45, 7) is 1.28. The predicted octanol–water partition coefficient (Wildman–Crippen LogP) is 4.11. The number of fused-ring (bicyclic) bond motifs is 2. The Morgan fingerprint density at radius 3 is 2.66 bits per heavy atom. The first-order valence-electron chi connectivity index (χ1n) is 9.62. The van der Waals surface area contributed by atoms with Crippen molar-refractivity contribution >= 4 is 22.9 Å². The predicted molar refractivity (Wildman–Crippen MR) is 109 cm³/mol. The normalized spacial score (nSPS) is 12.2. The van der Waals surface area contributed by atoms with E-state index < -0.39 is 24.2 Å². The van der Waals surface area contributed by atoms with Crippen molar-refractivity contribution in [2.75, 3.05) is 13.4 Å². The number of pyridine rings is 1. The summed E-state index contributed by atoms with van der Waals surface area (Å²) in [5.41, 5.74) is 2.02. The van der Waals surface area contributed by atoms with Gasteiger partial charge in [-0.2, -0.15) is 0 Å². The standard InChI is InChI=1S/C23H15FN2O6/c1-12-21-16(9-17(25-22(21)32-26-12)13-2-5-15(24)6-3-13)23(28)29-10-18(27)14-4-7-19-20(8-14)31-11-30-19/h2-9H,10-11H2,1H3. The van der Waals surface area contributed by atoms with Crippen LogP contribution in [-0.2, 0) is 4.74 Å². The molecule has 5 rings (SSSR count). The molecule has 160 valence electrons. The fourth-order valence-electron chi connectivity index (χ4n) is 3.39. The van der Waals surface area contributed by atoms with Crippen LogP contribution < -0.4 is 9.47 Å². The summed E-state index contributed by atoms with van der Waals surface area (Å²) in [6.07, 6.45) is 0. The van der Waals surface area contributed by atoms with Crippen molar-refractivity contribution in [1.29, 1.82) is 0 Å². The van der Waals surface area contributed by atoms with Crippen LogP contribution in [0.1, 0.15) is 26.4 Å². The highest BCUT2D eigenvalue weighted by molar-refractivity contribution is 6.06. The molecule has 8 nitrogen and oxygen atoms in total. The van der Waals surface area contributed by atoms with Crippen LogP contribution in [-0.4, -0.2) is 35.3 Å². The molecule has 0 saturated carbocycles. The van der Waals surface area contributed by atoms with Gasteiger partial charge in [0.2, 0.25) is 6.79 Å². The zero-order valence-corrected chi connectivity index (χ0v) is 16.8. The van der Waals surface area contributed by atoms with E-state index in [-0.39, 0.29) is 18.1 Å². The fourth-order valence-corrected chi connectivity index (χ4v) is 3.39. The summed E-state index contributed by atoms with van der Waals surface area (Å²) >= 11 is 0. The van der Waals surface area contributed by atoms with Crippen LogP contribution in [0.25, 0.3) is 22.4 Å². The van der Waals surface area contributed by atoms with E-state index in [0.29, 0.717) is 39.4 Å². The number of benzene rings is 2. The van der Waals surface area contributed by atoms with Gasteiger partial charge in [0.05, 0.1) is 22.3 Å². The molecule has 0 bridgehead atoms. The molecular weight excluding hydrogens is 419 g/mol. The quantitative estimate of drug-likeness (QED) is 0.342. The van der Waals surface area contributed by atoms with Crippen LogP contribution in [0.4, 0.5) is 4.39 Å². The minimum absolute atomic E-state index is 0.0917. The Labute approximate surface area is 180 Å². The lowest BCUT2D eigenvalue weighted by Gasteiger charge is -2.08. The van der Waals surface area contributed by atoms with Crippen LogP contribution in [0.2, 0.25) is 0 Å². The Morgan fingerprint density at radius 1 is 1.06 bits per heavy atom. The van der Waals surface area contributed by atoms with E-state index in [9.17, 15) is 14.0 Å². The minimum Gasteiger partial charge on any atom is -0.454 e. The molecule has 0 aliphatic carbocycles. The van der Waals surface area contributed by atoms with Gasteiger partial charge in [-0.3, -0.25) is 4.79 Å². The van der Waals surface area contributed by atoms with E-state index in [4.69, 9.17) is 18.7 Å². The third-order valence-electron chi connectivity index (χ3n) is 5.01. The maximum atomic E-state index is 13.3. The number of esters is 1. The Morgan fingerprint density at radius 2 is 1.84 bits per heavy atom. The van der Waals surface area contributed by atoms with Crippen molar-refractivity contribution in [1.82, 2.24) is 10.1 Å². The molecule has 1 aliphatic heterocycles. The fraction of sp³-hybridized carbons (Fsp3) is 0.130. The van der Waals surface area contributed by atoms with Gasteiger partial charge >= 0.3 is 5.97 Å². The highest BCUT2D eigenvalue weighted by Gasteiger charge is 2.22. The zero-order valence-electron chi connectivity index (χ0n) is 16.8. The molecule has 0 spiro atoms. The molecule has 0 N–H and O–H groups in total. The van der Waals surface area contributed by atoms with E-state index in [1.807, 2.05) is 0 Å². The average Bonchev–Trinajstić information content (AvgIpc) is 3.43. The molecule has 0 saturated heterocycles. The molecule has 0 fully saturated rings. The number of hydrogen-bond donors (Lipinski definition) is 0. The van der Waals surface area contributed by atoms with Gasteiger partial charge in [-0.25, -0.2) is 14.2 Å². The molecule has 4 aromatic rings. The largest absolute Gasteiger partial charge is 0.454 e. The van der Waals surface area contributed by atoms with Crippen molar-refractivity contribution < 1.29 is 32.7 Å².